The Labute approximate surface area is 237 Å². The van der Waals surface area contributed by atoms with Crippen molar-refractivity contribution in [1.29, 1.82) is 0 Å². The lowest BCUT2D eigenvalue weighted by Gasteiger charge is -2.16. The normalized spacial score (nSPS) is 10.9. The van der Waals surface area contributed by atoms with E-state index in [0.717, 1.165) is 33.2 Å². The lowest BCUT2D eigenvalue weighted by atomic mass is 9.96. The number of nitrogens with zero attached hydrogens (tertiary/aromatic N) is 1. The summed E-state index contributed by atoms with van der Waals surface area (Å²) in [7, 11) is 2.86. The number of ether oxygens (including phenoxy) is 4. The molecular formula is C31H29ClN2O6. The van der Waals surface area contributed by atoms with E-state index in [-0.39, 0.29) is 29.8 Å². The number of anilines is 1. The van der Waals surface area contributed by atoms with Crippen LogP contribution in [0.15, 0.2) is 60.8 Å². The largest absolute Gasteiger partial charge is 0.514 e. The summed E-state index contributed by atoms with van der Waals surface area (Å²) in [5, 5.41) is 4.40. The molecule has 8 nitrogen and oxygen atoms in total. The Bertz CT molecular complexity index is 1590. The van der Waals surface area contributed by atoms with Crippen LogP contribution < -0.4 is 19.5 Å². The van der Waals surface area contributed by atoms with Gasteiger partial charge in [-0.2, -0.15) is 0 Å². The molecule has 0 unspecified atom stereocenters. The summed E-state index contributed by atoms with van der Waals surface area (Å²) in [4.78, 5) is 29.6. The van der Waals surface area contributed by atoms with Crippen molar-refractivity contribution in [1.82, 2.24) is 4.98 Å². The van der Waals surface area contributed by atoms with Gasteiger partial charge in [-0.05, 0) is 62.2 Å². The first-order valence-corrected chi connectivity index (χ1v) is 12.9. The van der Waals surface area contributed by atoms with Crippen LogP contribution in [-0.4, -0.2) is 37.9 Å². The molecule has 0 aliphatic heterocycles. The van der Waals surface area contributed by atoms with E-state index in [1.165, 1.54) is 20.3 Å². The molecular weight excluding hydrogens is 532 g/mol. The summed E-state index contributed by atoms with van der Waals surface area (Å²) in [5.74, 6) is 0.154. The van der Waals surface area contributed by atoms with Crippen molar-refractivity contribution in [2.24, 2.45) is 0 Å². The van der Waals surface area contributed by atoms with Crippen molar-refractivity contribution in [3.63, 3.8) is 0 Å². The molecule has 0 aliphatic carbocycles. The van der Waals surface area contributed by atoms with Crippen LogP contribution in [0.5, 0.6) is 17.2 Å². The number of pyridine rings is 1. The fraction of sp³-hybridized carbons (Fsp3) is 0.194. The summed E-state index contributed by atoms with van der Waals surface area (Å²) in [5.41, 5.74) is 5.60. The fourth-order valence-electron chi connectivity index (χ4n) is 4.38. The van der Waals surface area contributed by atoms with E-state index >= 15 is 0 Å². The maximum atomic E-state index is 13.1. The average molecular weight is 561 g/mol. The van der Waals surface area contributed by atoms with Gasteiger partial charge in [-0.15, -0.1) is 0 Å². The van der Waals surface area contributed by atoms with Gasteiger partial charge in [0.05, 0.1) is 38.2 Å². The molecule has 3 aromatic carbocycles. The van der Waals surface area contributed by atoms with Gasteiger partial charge in [-0.1, -0.05) is 41.4 Å². The number of amides is 1. The molecule has 1 N–H and O–H groups in total. The van der Waals surface area contributed by atoms with Gasteiger partial charge in [0.15, 0.2) is 11.5 Å². The number of aryl methyl sites for hydroxylation is 2. The van der Waals surface area contributed by atoms with Crippen LogP contribution in [0.1, 0.15) is 23.6 Å². The molecule has 0 fully saturated rings. The molecule has 1 amide bonds. The highest BCUT2D eigenvalue weighted by atomic mass is 35.5. The third kappa shape index (κ3) is 6.18. The zero-order valence-corrected chi connectivity index (χ0v) is 23.6. The molecule has 206 valence electrons. The van der Waals surface area contributed by atoms with Crippen molar-refractivity contribution in [2.45, 2.75) is 20.8 Å². The van der Waals surface area contributed by atoms with E-state index in [0.29, 0.717) is 16.3 Å². The predicted molar refractivity (Wildman–Crippen MR) is 157 cm³/mol. The molecule has 0 saturated carbocycles. The van der Waals surface area contributed by atoms with Gasteiger partial charge < -0.3 is 24.3 Å². The van der Waals surface area contributed by atoms with Gasteiger partial charge in [-0.25, -0.2) is 4.79 Å². The van der Waals surface area contributed by atoms with E-state index < -0.39 is 6.16 Å². The second-order valence-electron chi connectivity index (χ2n) is 8.87. The molecule has 1 aromatic heterocycles. The predicted octanol–water partition coefficient (Wildman–Crippen LogP) is 7.38. The lowest BCUT2D eigenvalue weighted by Crippen LogP contribution is -2.11. The van der Waals surface area contributed by atoms with E-state index in [9.17, 15) is 9.59 Å². The monoisotopic (exact) mass is 560 g/mol. The maximum absolute atomic E-state index is 13.1. The minimum atomic E-state index is -0.884. The first-order valence-electron chi connectivity index (χ1n) is 12.5. The Morgan fingerprint density at radius 2 is 1.73 bits per heavy atom. The minimum absolute atomic E-state index is 0.0715. The molecule has 0 saturated heterocycles. The zero-order valence-electron chi connectivity index (χ0n) is 22.8. The molecule has 0 bridgehead atoms. The molecule has 4 aromatic rings. The summed E-state index contributed by atoms with van der Waals surface area (Å²) in [6.45, 7) is 5.85. The van der Waals surface area contributed by atoms with E-state index in [1.54, 1.807) is 31.3 Å². The number of halogens is 1. The molecule has 0 spiro atoms. The highest BCUT2D eigenvalue weighted by Gasteiger charge is 2.19. The number of aromatic nitrogens is 1. The molecule has 1 heterocycles. The number of carbonyl (C=O) groups is 2. The molecule has 0 radical (unpaired) electrons. The summed E-state index contributed by atoms with van der Waals surface area (Å²) >= 11 is 6.60. The van der Waals surface area contributed by atoms with Crippen molar-refractivity contribution in [3.8, 4) is 28.4 Å². The Kier molecular flexibility index (Phi) is 8.91. The summed E-state index contributed by atoms with van der Waals surface area (Å²) < 4.78 is 20.8. The van der Waals surface area contributed by atoms with Crippen molar-refractivity contribution in [2.75, 3.05) is 26.1 Å². The van der Waals surface area contributed by atoms with Gasteiger partial charge in [0, 0.05) is 27.6 Å². The molecule has 0 atom stereocenters. The highest BCUT2D eigenvalue weighted by Crippen LogP contribution is 2.40. The molecule has 4 rings (SSSR count). The van der Waals surface area contributed by atoms with Crippen molar-refractivity contribution in [3.05, 3.63) is 82.5 Å². The van der Waals surface area contributed by atoms with Crippen LogP contribution in [0.3, 0.4) is 0 Å². The van der Waals surface area contributed by atoms with Crippen LogP contribution in [0.2, 0.25) is 5.02 Å². The van der Waals surface area contributed by atoms with Crippen LogP contribution in [0.4, 0.5) is 10.5 Å². The topological polar surface area (TPSA) is 96.0 Å². The average Bonchev–Trinajstić information content (AvgIpc) is 2.92. The second-order valence-corrected chi connectivity index (χ2v) is 9.27. The van der Waals surface area contributed by atoms with Gasteiger partial charge in [0.25, 0.3) is 0 Å². The summed E-state index contributed by atoms with van der Waals surface area (Å²) in [6.07, 6.45) is 3.72. The smallest absolute Gasteiger partial charge is 0.493 e. The number of rotatable bonds is 8. The number of hydrogen-bond acceptors (Lipinski definition) is 7. The standard InChI is InChI=1S/C31H29ClN2O6/c1-6-39-31(36)40-30-25(37-4)15-20(16-26(30)38-5)11-12-27(35)34-24-17-33-29-19(3)13-18(2)14-22(29)28(24)21-9-7-8-10-23(21)32/h7-17H,6H2,1-5H3,(H,34,35). The van der Waals surface area contributed by atoms with Gasteiger partial charge in [-0.3, -0.25) is 9.78 Å². The molecule has 40 heavy (non-hydrogen) atoms. The van der Waals surface area contributed by atoms with E-state index in [2.05, 4.69) is 16.4 Å². The third-order valence-electron chi connectivity index (χ3n) is 6.06. The lowest BCUT2D eigenvalue weighted by molar-refractivity contribution is -0.111. The van der Waals surface area contributed by atoms with Crippen LogP contribution >= 0.6 is 11.6 Å². The number of methoxy groups -OCH3 is 2. The highest BCUT2D eigenvalue weighted by molar-refractivity contribution is 6.34. The summed E-state index contributed by atoms with van der Waals surface area (Å²) in [6, 6.07) is 14.8. The van der Waals surface area contributed by atoms with Gasteiger partial charge >= 0.3 is 6.16 Å². The Morgan fingerprint density at radius 1 is 1.02 bits per heavy atom. The zero-order chi connectivity index (χ0) is 28.8. The van der Waals surface area contributed by atoms with Crippen LogP contribution in [0.25, 0.3) is 28.1 Å². The number of hydrogen-bond donors (Lipinski definition) is 1. The van der Waals surface area contributed by atoms with Gasteiger partial charge in [0.2, 0.25) is 11.7 Å². The Morgan fingerprint density at radius 3 is 2.38 bits per heavy atom. The van der Waals surface area contributed by atoms with E-state index in [4.69, 9.17) is 30.5 Å². The minimum Gasteiger partial charge on any atom is -0.493 e. The van der Waals surface area contributed by atoms with Crippen LogP contribution in [0, 0.1) is 13.8 Å². The van der Waals surface area contributed by atoms with Crippen molar-refractivity contribution >= 4 is 46.3 Å². The Balaban J connectivity index is 1.69. The quantitative estimate of drug-likeness (QED) is 0.136. The third-order valence-corrected chi connectivity index (χ3v) is 6.39. The van der Waals surface area contributed by atoms with E-state index in [1.807, 2.05) is 44.2 Å². The maximum Gasteiger partial charge on any atom is 0.514 e. The SMILES string of the molecule is CCOC(=O)Oc1c(OC)cc(C=CC(=O)Nc2cnc3c(C)cc(C)cc3c2-c2ccccc2Cl)cc1OC. The Hall–Kier alpha value is -4.56. The second kappa shape index (κ2) is 12.5. The molecule has 9 heteroatoms. The number of nitrogens with one attached hydrogen (secondary N) is 1. The van der Waals surface area contributed by atoms with Crippen LogP contribution in [-0.2, 0) is 9.53 Å². The number of benzene rings is 3. The fourth-order valence-corrected chi connectivity index (χ4v) is 4.61. The number of fused-ring (bicyclic) bond motifs is 1. The molecule has 0 aliphatic rings. The first-order chi connectivity index (χ1) is 19.2. The first kappa shape index (κ1) is 28.4. The van der Waals surface area contributed by atoms with Gasteiger partial charge in [0.1, 0.15) is 0 Å². The number of carbonyl (C=O) groups excluding carboxylic acids is 2. The van der Waals surface area contributed by atoms with Crippen molar-refractivity contribution < 1.29 is 28.5 Å².